The standard InChI is InChI=1S/C14H15N3O/c1-10-11(2)18-14(16-10)9-17(3)13-7-5-4-6-12(13)8-15/h4-7H,9H2,1-3H3. The minimum absolute atomic E-state index is 0.549. The van der Waals surface area contributed by atoms with Crippen molar-refractivity contribution in [2.75, 3.05) is 11.9 Å². The van der Waals surface area contributed by atoms with Crippen molar-refractivity contribution in [2.45, 2.75) is 20.4 Å². The van der Waals surface area contributed by atoms with Crippen LogP contribution >= 0.6 is 0 Å². The van der Waals surface area contributed by atoms with Crippen molar-refractivity contribution in [3.05, 3.63) is 47.2 Å². The third-order valence-electron chi connectivity index (χ3n) is 2.88. The summed E-state index contributed by atoms with van der Waals surface area (Å²) < 4.78 is 5.54. The Hall–Kier alpha value is -2.28. The molecule has 0 atom stereocenters. The second-order valence-corrected chi connectivity index (χ2v) is 4.23. The molecule has 0 amide bonds. The third-order valence-corrected chi connectivity index (χ3v) is 2.88. The average Bonchev–Trinajstić information content (AvgIpc) is 2.68. The molecule has 0 bridgehead atoms. The number of hydrogen-bond acceptors (Lipinski definition) is 4. The lowest BCUT2D eigenvalue weighted by atomic mass is 10.2. The van der Waals surface area contributed by atoms with E-state index < -0.39 is 0 Å². The number of nitriles is 1. The third kappa shape index (κ3) is 2.35. The van der Waals surface area contributed by atoms with Gasteiger partial charge in [0.15, 0.2) is 0 Å². The molecular formula is C14H15N3O. The largest absolute Gasteiger partial charge is 0.444 e. The molecule has 4 nitrogen and oxygen atoms in total. The first-order valence-corrected chi connectivity index (χ1v) is 5.75. The van der Waals surface area contributed by atoms with Crippen LogP contribution in [0.3, 0.4) is 0 Å². The zero-order valence-electron chi connectivity index (χ0n) is 10.8. The monoisotopic (exact) mass is 241 g/mol. The maximum Gasteiger partial charge on any atom is 0.214 e. The molecule has 2 rings (SSSR count). The van der Waals surface area contributed by atoms with Gasteiger partial charge in [0.25, 0.3) is 0 Å². The predicted octanol–water partition coefficient (Wildman–Crippen LogP) is 2.80. The van der Waals surface area contributed by atoms with E-state index >= 15 is 0 Å². The molecule has 4 heteroatoms. The molecule has 1 heterocycles. The van der Waals surface area contributed by atoms with Crippen LogP contribution in [0.25, 0.3) is 0 Å². The molecular weight excluding hydrogens is 226 g/mol. The van der Waals surface area contributed by atoms with Gasteiger partial charge >= 0.3 is 0 Å². The average molecular weight is 241 g/mol. The quantitative estimate of drug-likeness (QED) is 0.829. The molecule has 0 radical (unpaired) electrons. The van der Waals surface area contributed by atoms with Gasteiger partial charge in [-0.1, -0.05) is 12.1 Å². The van der Waals surface area contributed by atoms with Gasteiger partial charge in [-0.2, -0.15) is 5.26 Å². The van der Waals surface area contributed by atoms with Crippen LogP contribution in [0, 0.1) is 25.2 Å². The van der Waals surface area contributed by atoms with E-state index in [1.165, 1.54) is 0 Å². The molecule has 0 aliphatic carbocycles. The predicted molar refractivity (Wildman–Crippen MR) is 69.2 cm³/mol. The van der Waals surface area contributed by atoms with Gasteiger partial charge in [-0.25, -0.2) is 4.98 Å². The molecule has 0 aliphatic rings. The highest BCUT2D eigenvalue weighted by Crippen LogP contribution is 2.20. The summed E-state index contributed by atoms with van der Waals surface area (Å²) in [5.74, 6) is 1.51. The number of hydrogen-bond donors (Lipinski definition) is 0. The lowest BCUT2D eigenvalue weighted by molar-refractivity contribution is 0.469. The zero-order chi connectivity index (χ0) is 13.1. The Labute approximate surface area is 106 Å². The van der Waals surface area contributed by atoms with E-state index in [0.717, 1.165) is 17.1 Å². The number of rotatable bonds is 3. The number of benzene rings is 1. The van der Waals surface area contributed by atoms with Crippen LogP contribution in [-0.2, 0) is 6.54 Å². The Morgan fingerprint density at radius 2 is 2.06 bits per heavy atom. The summed E-state index contributed by atoms with van der Waals surface area (Å²) in [7, 11) is 1.92. The highest BCUT2D eigenvalue weighted by Gasteiger charge is 2.11. The van der Waals surface area contributed by atoms with Crippen LogP contribution in [0.1, 0.15) is 22.9 Å². The molecule has 0 fully saturated rings. The second-order valence-electron chi connectivity index (χ2n) is 4.23. The van der Waals surface area contributed by atoms with E-state index in [2.05, 4.69) is 11.1 Å². The van der Waals surface area contributed by atoms with Gasteiger partial charge in [-0.3, -0.25) is 0 Å². The molecule has 0 spiro atoms. The summed E-state index contributed by atoms with van der Waals surface area (Å²) in [6, 6.07) is 9.68. The van der Waals surface area contributed by atoms with Crippen LogP contribution in [-0.4, -0.2) is 12.0 Å². The van der Waals surface area contributed by atoms with E-state index in [-0.39, 0.29) is 0 Å². The van der Waals surface area contributed by atoms with Gasteiger partial charge in [-0.05, 0) is 26.0 Å². The summed E-state index contributed by atoms with van der Waals surface area (Å²) in [6.07, 6.45) is 0. The van der Waals surface area contributed by atoms with Crippen molar-refractivity contribution in [3.63, 3.8) is 0 Å². The van der Waals surface area contributed by atoms with Crippen LogP contribution < -0.4 is 4.90 Å². The molecule has 0 saturated carbocycles. The molecule has 92 valence electrons. The van der Waals surface area contributed by atoms with E-state index in [9.17, 15) is 0 Å². The number of anilines is 1. The fourth-order valence-corrected chi connectivity index (χ4v) is 1.80. The minimum Gasteiger partial charge on any atom is -0.444 e. The first-order valence-electron chi connectivity index (χ1n) is 5.75. The van der Waals surface area contributed by atoms with Crippen molar-refractivity contribution in [1.29, 1.82) is 5.26 Å². The van der Waals surface area contributed by atoms with Gasteiger partial charge in [0.1, 0.15) is 11.8 Å². The lowest BCUT2D eigenvalue weighted by Gasteiger charge is -2.18. The summed E-state index contributed by atoms with van der Waals surface area (Å²) in [6.45, 7) is 4.37. The Morgan fingerprint density at radius 1 is 1.33 bits per heavy atom. The van der Waals surface area contributed by atoms with Gasteiger partial charge in [-0.15, -0.1) is 0 Å². The molecule has 0 saturated heterocycles. The summed E-state index contributed by atoms with van der Waals surface area (Å²) in [5.41, 5.74) is 2.44. The fourth-order valence-electron chi connectivity index (χ4n) is 1.80. The van der Waals surface area contributed by atoms with E-state index in [0.29, 0.717) is 18.0 Å². The Balaban J connectivity index is 2.22. The normalized spacial score (nSPS) is 10.1. The first-order chi connectivity index (χ1) is 8.61. The van der Waals surface area contributed by atoms with Crippen molar-refractivity contribution >= 4 is 5.69 Å². The number of aryl methyl sites for hydroxylation is 2. The van der Waals surface area contributed by atoms with Crippen molar-refractivity contribution in [3.8, 4) is 6.07 Å². The Morgan fingerprint density at radius 3 is 2.67 bits per heavy atom. The molecule has 1 aromatic carbocycles. The fraction of sp³-hybridized carbons (Fsp3) is 0.286. The van der Waals surface area contributed by atoms with Gasteiger partial charge in [0.2, 0.25) is 5.89 Å². The van der Waals surface area contributed by atoms with Gasteiger partial charge in [0.05, 0.1) is 23.5 Å². The summed E-state index contributed by atoms with van der Waals surface area (Å²) in [5, 5.41) is 9.07. The minimum atomic E-state index is 0.549. The number of para-hydroxylation sites is 1. The number of oxazole rings is 1. The number of nitrogens with zero attached hydrogens (tertiary/aromatic N) is 3. The maximum atomic E-state index is 9.07. The Kier molecular flexibility index (Phi) is 3.33. The smallest absolute Gasteiger partial charge is 0.214 e. The second kappa shape index (κ2) is 4.92. The molecule has 18 heavy (non-hydrogen) atoms. The van der Waals surface area contributed by atoms with Crippen LogP contribution in [0.15, 0.2) is 28.7 Å². The van der Waals surface area contributed by atoms with Crippen molar-refractivity contribution in [2.24, 2.45) is 0 Å². The SMILES string of the molecule is Cc1nc(CN(C)c2ccccc2C#N)oc1C. The van der Waals surface area contributed by atoms with Crippen LogP contribution in [0.5, 0.6) is 0 Å². The van der Waals surface area contributed by atoms with Crippen LogP contribution in [0.4, 0.5) is 5.69 Å². The molecule has 0 unspecified atom stereocenters. The summed E-state index contributed by atoms with van der Waals surface area (Å²) >= 11 is 0. The molecule has 2 aromatic rings. The van der Waals surface area contributed by atoms with Gasteiger partial charge in [0, 0.05) is 7.05 Å². The lowest BCUT2D eigenvalue weighted by Crippen LogP contribution is -2.17. The van der Waals surface area contributed by atoms with E-state index in [4.69, 9.17) is 9.68 Å². The van der Waals surface area contributed by atoms with Crippen molar-refractivity contribution < 1.29 is 4.42 Å². The zero-order valence-corrected chi connectivity index (χ0v) is 10.8. The number of aromatic nitrogens is 1. The van der Waals surface area contributed by atoms with Gasteiger partial charge < -0.3 is 9.32 Å². The first kappa shape index (κ1) is 12.2. The highest BCUT2D eigenvalue weighted by molar-refractivity contribution is 5.58. The molecule has 1 aromatic heterocycles. The Bertz CT molecular complexity index is 576. The maximum absolute atomic E-state index is 9.07. The molecule has 0 N–H and O–H groups in total. The summed E-state index contributed by atoms with van der Waals surface area (Å²) in [4.78, 5) is 6.30. The van der Waals surface area contributed by atoms with Crippen molar-refractivity contribution in [1.82, 2.24) is 4.98 Å². The molecule has 0 aliphatic heterocycles. The van der Waals surface area contributed by atoms with E-state index in [1.54, 1.807) is 6.07 Å². The van der Waals surface area contributed by atoms with Crippen LogP contribution in [0.2, 0.25) is 0 Å². The highest BCUT2D eigenvalue weighted by atomic mass is 16.4. The van der Waals surface area contributed by atoms with E-state index in [1.807, 2.05) is 44.0 Å². The topological polar surface area (TPSA) is 53.1 Å².